The lowest BCUT2D eigenvalue weighted by atomic mass is 10.1. The van der Waals surface area contributed by atoms with Crippen molar-refractivity contribution >= 4 is 26.3 Å². The molecular weight excluding hydrogens is 282 g/mol. The first-order chi connectivity index (χ1) is 8.84. The zero-order chi connectivity index (χ0) is 14.2. The number of nitrogens with zero attached hydrogens (tertiary/aromatic N) is 2. The Morgan fingerprint density at radius 1 is 1.53 bits per heavy atom. The number of sulfone groups is 1. The number of anilines is 1. The molecule has 0 aromatic carbocycles. The molecule has 1 fully saturated rings. The second-order valence-corrected chi connectivity index (χ2v) is 8.61. The van der Waals surface area contributed by atoms with Gasteiger partial charge >= 0.3 is 0 Å². The van der Waals surface area contributed by atoms with E-state index in [0.717, 1.165) is 15.7 Å². The van der Waals surface area contributed by atoms with Gasteiger partial charge in [0, 0.05) is 24.0 Å². The maximum absolute atomic E-state index is 11.6. The van der Waals surface area contributed by atoms with Crippen molar-refractivity contribution in [3.05, 3.63) is 10.6 Å². The molecule has 1 aliphatic heterocycles. The predicted molar refractivity (Wildman–Crippen MR) is 79.6 cm³/mol. The van der Waals surface area contributed by atoms with Crippen LogP contribution in [0.15, 0.2) is 0 Å². The topological polar surface area (TPSA) is 76.3 Å². The van der Waals surface area contributed by atoms with E-state index in [0.29, 0.717) is 19.0 Å². The van der Waals surface area contributed by atoms with Gasteiger partial charge in [0.1, 0.15) is 0 Å². The summed E-state index contributed by atoms with van der Waals surface area (Å²) in [6, 6.07) is -0.0180. The fourth-order valence-corrected chi connectivity index (χ4v) is 5.13. The molecule has 1 saturated heterocycles. The molecule has 7 heteroatoms. The van der Waals surface area contributed by atoms with Crippen LogP contribution in [-0.4, -0.2) is 37.5 Å². The van der Waals surface area contributed by atoms with Crippen LogP contribution in [0.5, 0.6) is 0 Å². The highest BCUT2D eigenvalue weighted by molar-refractivity contribution is 7.91. The molecular formula is C12H21N3O2S2. The Balaban J connectivity index is 2.28. The molecule has 1 aromatic rings. The van der Waals surface area contributed by atoms with Crippen molar-refractivity contribution in [3.63, 3.8) is 0 Å². The number of rotatable bonds is 3. The Bertz CT molecular complexity index is 551. The summed E-state index contributed by atoms with van der Waals surface area (Å²) in [5.74, 6) is 0.764. The molecule has 2 rings (SSSR count). The van der Waals surface area contributed by atoms with Crippen LogP contribution in [0.25, 0.3) is 0 Å². The molecule has 1 unspecified atom stereocenters. The molecule has 0 saturated carbocycles. The van der Waals surface area contributed by atoms with E-state index in [1.807, 2.05) is 6.92 Å². The van der Waals surface area contributed by atoms with Gasteiger partial charge < -0.3 is 10.6 Å². The minimum atomic E-state index is -2.89. The molecule has 1 aromatic heterocycles. The second kappa shape index (κ2) is 5.38. The number of aromatic nitrogens is 1. The quantitative estimate of drug-likeness (QED) is 0.912. The SMILES string of the molecule is CC(C)c1nc(N2CCS(=O)(=O)CC2C)sc1CN. The van der Waals surface area contributed by atoms with E-state index in [2.05, 4.69) is 23.7 Å². The largest absolute Gasteiger partial charge is 0.343 e. The van der Waals surface area contributed by atoms with Gasteiger partial charge in [-0.25, -0.2) is 13.4 Å². The molecule has 1 atom stereocenters. The molecule has 0 aliphatic carbocycles. The van der Waals surface area contributed by atoms with Crippen molar-refractivity contribution in [1.82, 2.24) is 4.98 Å². The summed E-state index contributed by atoms with van der Waals surface area (Å²) in [7, 11) is -2.89. The summed E-state index contributed by atoms with van der Waals surface area (Å²) in [6.07, 6.45) is 0. The number of hydrogen-bond acceptors (Lipinski definition) is 6. The zero-order valence-corrected chi connectivity index (χ0v) is 13.2. The van der Waals surface area contributed by atoms with Gasteiger partial charge in [-0.3, -0.25) is 0 Å². The molecule has 108 valence electrons. The minimum absolute atomic E-state index is 0.0180. The van der Waals surface area contributed by atoms with Gasteiger partial charge in [0.05, 0.1) is 17.2 Å². The zero-order valence-electron chi connectivity index (χ0n) is 11.6. The smallest absolute Gasteiger partial charge is 0.186 e. The Labute approximate surface area is 118 Å². The van der Waals surface area contributed by atoms with Crippen molar-refractivity contribution in [2.24, 2.45) is 5.73 Å². The molecule has 19 heavy (non-hydrogen) atoms. The summed E-state index contributed by atoms with van der Waals surface area (Å²) in [6.45, 7) is 7.16. The first-order valence-corrected chi connectivity index (χ1v) is 9.14. The van der Waals surface area contributed by atoms with E-state index >= 15 is 0 Å². The molecule has 2 heterocycles. The van der Waals surface area contributed by atoms with E-state index in [9.17, 15) is 8.42 Å². The lowest BCUT2D eigenvalue weighted by Crippen LogP contribution is -2.47. The predicted octanol–water partition coefficient (Wildman–Crippen LogP) is 1.35. The number of thiazole rings is 1. The summed E-state index contributed by atoms with van der Waals surface area (Å²) < 4.78 is 23.2. The third-order valence-corrected chi connectivity index (χ3v) is 6.29. The average Bonchev–Trinajstić information content (AvgIpc) is 2.71. The normalized spacial score (nSPS) is 23.0. The van der Waals surface area contributed by atoms with Gasteiger partial charge in [-0.15, -0.1) is 11.3 Å². The highest BCUT2D eigenvalue weighted by atomic mass is 32.2. The first-order valence-electron chi connectivity index (χ1n) is 6.50. The van der Waals surface area contributed by atoms with Gasteiger partial charge in [0.15, 0.2) is 15.0 Å². The summed E-state index contributed by atoms with van der Waals surface area (Å²) in [4.78, 5) is 7.87. The summed E-state index contributed by atoms with van der Waals surface area (Å²) >= 11 is 1.59. The first kappa shape index (κ1) is 14.7. The van der Waals surface area contributed by atoms with Crippen LogP contribution in [0.2, 0.25) is 0 Å². The standard InChI is InChI=1S/C12H21N3O2S2/c1-8(2)11-10(6-13)18-12(14-11)15-4-5-19(16,17)7-9(15)3/h8-9H,4-7,13H2,1-3H3. The Hall–Kier alpha value is -0.660. The third kappa shape index (κ3) is 3.09. The fourth-order valence-electron chi connectivity index (χ4n) is 2.35. The van der Waals surface area contributed by atoms with Crippen molar-refractivity contribution in [1.29, 1.82) is 0 Å². The van der Waals surface area contributed by atoms with Gasteiger partial charge in [-0.2, -0.15) is 0 Å². The van der Waals surface area contributed by atoms with Crippen molar-refractivity contribution in [2.75, 3.05) is 23.0 Å². The third-order valence-electron chi connectivity index (χ3n) is 3.36. The number of nitrogens with two attached hydrogens (primary N) is 1. The average molecular weight is 303 g/mol. The fraction of sp³-hybridized carbons (Fsp3) is 0.750. The van der Waals surface area contributed by atoms with Crippen LogP contribution in [0.3, 0.4) is 0 Å². The molecule has 5 nitrogen and oxygen atoms in total. The molecule has 0 spiro atoms. The molecule has 0 radical (unpaired) electrons. The van der Waals surface area contributed by atoms with E-state index < -0.39 is 9.84 Å². The Kier molecular flexibility index (Phi) is 4.17. The van der Waals surface area contributed by atoms with Gasteiger partial charge in [0.25, 0.3) is 0 Å². The highest BCUT2D eigenvalue weighted by Crippen LogP contribution is 2.32. The van der Waals surface area contributed by atoms with E-state index in [4.69, 9.17) is 5.73 Å². The monoisotopic (exact) mass is 303 g/mol. The van der Waals surface area contributed by atoms with Crippen LogP contribution in [0.4, 0.5) is 5.13 Å². The van der Waals surface area contributed by atoms with E-state index in [-0.39, 0.29) is 17.5 Å². The minimum Gasteiger partial charge on any atom is -0.343 e. The van der Waals surface area contributed by atoms with Crippen LogP contribution >= 0.6 is 11.3 Å². The van der Waals surface area contributed by atoms with Crippen molar-refractivity contribution < 1.29 is 8.42 Å². The van der Waals surface area contributed by atoms with Crippen LogP contribution in [0.1, 0.15) is 37.3 Å². The second-order valence-electron chi connectivity index (χ2n) is 5.32. The van der Waals surface area contributed by atoms with Gasteiger partial charge in [0.2, 0.25) is 0 Å². The lowest BCUT2D eigenvalue weighted by Gasteiger charge is -2.32. The van der Waals surface area contributed by atoms with Crippen LogP contribution < -0.4 is 10.6 Å². The summed E-state index contributed by atoms with van der Waals surface area (Å²) in [5, 5.41) is 0.909. The van der Waals surface area contributed by atoms with Crippen molar-refractivity contribution in [3.8, 4) is 0 Å². The van der Waals surface area contributed by atoms with Crippen molar-refractivity contribution in [2.45, 2.75) is 39.3 Å². The maximum Gasteiger partial charge on any atom is 0.186 e. The Morgan fingerprint density at radius 2 is 2.21 bits per heavy atom. The Morgan fingerprint density at radius 3 is 2.68 bits per heavy atom. The molecule has 0 bridgehead atoms. The van der Waals surface area contributed by atoms with Crippen LogP contribution in [0, 0.1) is 0 Å². The highest BCUT2D eigenvalue weighted by Gasteiger charge is 2.30. The molecule has 2 N–H and O–H groups in total. The van der Waals surface area contributed by atoms with Gasteiger partial charge in [-0.1, -0.05) is 13.8 Å². The van der Waals surface area contributed by atoms with Gasteiger partial charge in [-0.05, 0) is 12.8 Å². The molecule has 1 aliphatic rings. The maximum atomic E-state index is 11.6. The van der Waals surface area contributed by atoms with E-state index in [1.165, 1.54) is 0 Å². The molecule has 0 amide bonds. The van der Waals surface area contributed by atoms with E-state index in [1.54, 1.807) is 11.3 Å². The number of hydrogen-bond donors (Lipinski definition) is 1. The van der Waals surface area contributed by atoms with Crippen LogP contribution in [-0.2, 0) is 16.4 Å². The lowest BCUT2D eigenvalue weighted by molar-refractivity contribution is 0.568. The summed E-state index contributed by atoms with van der Waals surface area (Å²) in [5.41, 5.74) is 6.81.